The van der Waals surface area contributed by atoms with E-state index in [-0.39, 0.29) is 5.54 Å². The van der Waals surface area contributed by atoms with E-state index in [0.29, 0.717) is 0 Å². The average molecular weight is 198 g/mol. The molecule has 1 rings (SSSR count). The highest BCUT2D eigenvalue weighted by molar-refractivity contribution is 4.79. The minimum Gasteiger partial charge on any atom is -0.326 e. The van der Waals surface area contributed by atoms with Crippen molar-refractivity contribution in [1.82, 2.24) is 4.90 Å². The normalized spacial score (nSPS) is 24.4. The first-order valence-corrected chi connectivity index (χ1v) is 6.06. The zero-order valence-electron chi connectivity index (χ0n) is 10.1. The molecule has 14 heavy (non-hydrogen) atoms. The molecule has 0 bridgehead atoms. The summed E-state index contributed by atoms with van der Waals surface area (Å²) in [5.74, 6) is 0. The van der Waals surface area contributed by atoms with Crippen molar-refractivity contribution < 1.29 is 0 Å². The van der Waals surface area contributed by atoms with Crippen LogP contribution in [-0.4, -0.2) is 29.6 Å². The monoisotopic (exact) mass is 198 g/mol. The van der Waals surface area contributed by atoms with Crippen molar-refractivity contribution in [2.24, 2.45) is 5.73 Å². The second-order valence-corrected chi connectivity index (χ2v) is 5.33. The van der Waals surface area contributed by atoms with Gasteiger partial charge in [0.05, 0.1) is 0 Å². The van der Waals surface area contributed by atoms with Crippen molar-refractivity contribution in [1.29, 1.82) is 0 Å². The Morgan fingerprint density at radius 2 is 2.14 bits per heavy atom. The molecule has 0 radical (unpaired) electrons. The van der Waals surface area contributed by atoms with Gasteiger partial charge < -0.3 is 10.6 Å². The molecular weight excluding hydrogens is 172 g/mol. The molecule has 84 valence electrons. The van der Waals surface area contributed by atoms with E-state index in [1.165, 1.54) is 38.8 Å². The van der Waals surface area contributed by atoms with Crippen molar-refractivity contribution in [2.45, 2.75) is 64.5 Å². The number of rotatable bonds is 5. The van der Waals surface area contributed by atoms with Crippen molar-refractivity contribution >= 4 is 0 Å². The first-order chi connectivity index (χ1) is 6.53. The first-order valence-electron chi connectivity index (χ1n) is 6.06. The molecule has 1 aliphatic rings. The fourth-order valence-electron chi connectivity index (χ4n) is 2.39. The molecule has 0 amide bonds. The number of hydrogen-bond acceptors (Lipinski definition) is 2. The Kier molecular flexibility index (Phi) is 4.39. The maximum Gasteiger partial charge on any atom is 0.00975 e. The van der Waals surface area contributed by atoms with E-state index < -0.39 is 0 Å². The summed E-state index contributed by atoms with van der Waals surface area (Å²) in [4.78, 5) is 2.64. The van der Waals surface area contributed by atoms with E-state index in [4.69, 9.17) is 5.73 Å². The molecule has 1 aliphatic heterocycles. The SMILES string of the molecule is CCC1CCCN1CCCC(C)(C)N. The predicted molar refractivity (Wildman–Crippen MR) is 62.4 cm³/mol. The molecule has 0 spiro atoms. The summed E-state index contributed by atoms with van der Waals surface area (Å²) in [7, 11) is 0. The molecule has 2 nitrogen and oxygen atoms in total. The molecule has 2 N–H and O–H groups in total. The van der Waals surface area contributed by atoms with E-state index in [1.54, 1.807) is 0 Å². The van der Waals surface area contributed by atoms with Gasteiger partial charge >= 0.3 is 0 Å². The van der Waals surface area contributed by atoms with Gasteiger partial charge in [0, 0.05) is 11.6 Å². The highest BCUT2D eigenvalue weighted by Crippen LogP contribution is 2.20. The fourth-order valence-corrected chi connectivity index (χ4v) is 2.39. The zero-order valence-corrected chi connectivity index (χ0v) is 10.1. The lowest BCUT2D eigenvalue weighted by Gasteiger charge is -2.25. The molecule has 1 saturated heterocycles. The largest absolute Gasteiger partial charge is 0.326 e. The van der Waals surface area contributed by atoms with Crippen LogP contribution in [0.15, 0.2) is 0 Å². The quantitative estimate of drug-likeness (QED) is 0.735. The van der Waals surface area contributed by atoms with E-state index in [1.807, 2.05) is 0 Å². The fraction of sp³-hybridized carbons (Fsp3) is 1.00. The van der Waals surface area contributed by atoms with Gasteiger partial charge in [-0.1, -0.05) is 6.92 Å². The summed E-state index contributed by atoms with van der Waals surface area (Å²) in [6.45, 7) is 9.10. The van der Waals surface area contributed by atoms with Gasteiger partial charge in [-0.25, -0.2) is 0 Å². The molecule has 1 fully saturated rings. The van der Waals surface area contributed by atoms with Crippen LogP contribution in [0, 0.1) is 0 Å². The Morgan fingerprint density at radius 1 is 1.43 bits per heavy atom. The lowest BCUT2D eigenvalue weighted by atomic mass is 10.00. The minimum atomic E-state index is 0.0153. The first kappa shape index (κ1) is 12.0. The van der Waals surface area contributed by atoms with Crippen LogP contribution < -0.4 is 5.73 Å². The van der Waals surface area contributed by atoms with Gasteiger partial charge in [-0.05, 0) is 59.0 Å². The topological polar surface area (TPSA) is 29.3 Å². The van der Waals surface area contributed by atoms with Gasteiger partial charge in [-0.2, -0.15) is 0 Å². The summed E-state index contributed by atoms with van der Waals surface area (Å²) < 4.78 is 0. The van der Waals surface area contributed by atoms with E-state index in [2.05, 4.69) is 25.7 Å². The van der Waals surface area contributed by atoms with Crippen LogP contribution in [0.5, 0.6) is 0 Å². The molecule has 1 atom stereocenters. The third kappa shape index (κ3) is 3.97. The van der Waals surface area contributed by atoms with Crippen LogP contribution in [0.3, 0.4) is 0 Å². The molecule has 0 aromatic carbocycles. The Morgan fingerprint density at radius 3 is 2.71 bits per heavy atom. The molecule has 1 unspecified atom stereocenters. The standard InChI is InChI=1S/C12H26N2/c1-4-11-7-5-9-14(11)10-6-8-12(2,3)13/h11H,4-10,13H2,1-3H3. The summed E-state index contributed by atoms with van der Waals surface area (Å²) in [5.41, 5.74) is 5.98. The third-order valence-electron chi connectivity index (χ3n) is 3.24. The summed E-state index contributed by atoms with van der Waals surface area (Å²) in [5, 5.41) is 0. The molecule has 0 saturated carbocycles. The van der Waals surface area contributed by atoms with Crippen LogP contribution in [-0.2, 0) is 0 Å². The Labute approximate surface area is 88.8 Å². The van der Waals surface area contributed by atoms with Crippen molar-refractivity contribution in [3.63, 3.8) is 0 Å². The smallest absolute Gasteiger partial charge is 0.00975 e. The minimum absolute atomic E-state index is 0.0153. The van der Waals surface area contributed by atoms with Gasteiger partial charge in [0.15, 0.2) is 0 Å². The Bertz CT molecular complexity index is 160. The number of hydrogen-bond donors (Lipinski definition) is 1. The van der Waals surface area contributed by atoms with Crippen LogP contribution in [0.25, 0.3) is 0 Å². The lowest BCUT2D eigenvalue weighted by molar-refractivity contribution is 0.236. The molecule has 0 aliphatic carbocycles. The van der Waals surface area contributed by atoms with Crippen LogP contribution in [0.4, 0.5) is 0 Å². The molecule has 0 aromatic rings. The Hall–Kier alpha value is -0.0800. The van der Waals surface area contributed by atoms with E-state index in [0.717, 1.165) is 12.5 Å². The van der Waals surface area contributed by atoms with E-state index in [9.17, 15) is 0 Å². The third-order valence-corrected chi connectivity index (χ3v) is 3.24. The second kappa shape index (κ2) is 5.13. The zero-order chi connectivity index (χ0) is 10.6. The maximum atomic E-state index is 5.97. The van der Waals surface area contributed by atoms with Gasteiger partial charge in [-0.3, -0.25) is 0 Å². The maximum absolute atomic E-state index is 5.97. The van der Waals surface area contributed by atoms with Crippen LogP contribution in [0.2, 0.25) is 0 Å². The van der Waals surface area contributed by atoms with Crippen molar-refractivity contribution in [2.75, 3.05) is 13.1 Å². The number of nitrogens with zero attached hydrogens (tertiary/aromatic N) is 1. The number of nitrogens with two attached hydrogens (primary N) is 1. The predicted octanol–water partition coefficient (Wildman–Crippen LogP) is 2.38. The highest BCUT2D eigenvalue weighted by Gasteiger charge is 2.22. The van der Waals surface area contributed by atoms with E-state index >= 15 is 0 Å². The number of likely N-dealkylation sites (tertiary alicyclic amines) is 1. The van der Waals surface area contributed by atoms with Crippen molar-refractivity contribution in [3.8, 4) is 0 Å². The molecule has 1 heterocycles. The second-order valence-electron chi connectivity index (χ2n) is 5.33. The van der Waals surface area contributed by atoms with Gasteiger partial charge in [0.1, 0.15) is 0 Å². The van der Waals surface area contributed by atoms with Crippen molar-refractivity contribution in [3.05, 3.63) is 0 Å². The Balaban J connectivity index is 2.18. The van der Waals surface area contributed by atoms with Gasteiger partial charge in [-0.15, -0.1) is 0 Å². The van der Waals surface area contributed by atoms with Gasteiger partial charge in [0.25, 0.3) is 0 Å². The molecule has 2 heteroatoms. The lowest BCUT2D eigenvalue weighted by Crippen LogP contribution is -2.35. The summed E-state index contributed by atoms with van der Waals surface area (Å²) >= 11 is 0. The molecule has 0 aromatic heterocycles. The van der Waals surface area contributed by atoms with Crippen LogP contribution >= 0.6 is 0 Å². The summed E-state index contributed by atoms with van der Waals surface area (Å²) in [6, 6.07) is 0.857. The van der Waals surface area contributed by atoms with Gasteiger partial charge in [0.2, 0.25) is 0 Å². The highest BCUT2D eigenvalue weighted by atomic mass is 15.2. The summed E-state index contributed by atoms with van der Waals surface area (Å²) in [6.07, 6.45) is 6.50. The average Bonchev–Trinajstić information content (AvgIpc) is 2.49. The van der Waals surface area contributed by atoms with Crippen LogP contribution in [0.1, 0.15) is 52.9 Å². The molecular formula is C12H26N2.